The second-order valence-corrected chi connectivity index (χ2v) is 5.85. The molecule has 9 nitrogen and oxygen atoms in total. The molecule has 9 heteroatoms. The fraction of sp³-hybridized carbons (Fsp3) is 0.444. The molecule has 0 heterocycles. The molecule has 4 N–H and O–H groups in total. The lowest BCUT2D eigenvalue weighted by Gasteiger charge is -2.21. The lowest BCUT2D eigenvalue weighted by atomic mass is 9.97. The second-order valence-electron chi connectivity index (χ2n) is 5.85. The fourth-order valence-electron chi connectivity index (χ4n) is 2.25. The van der Waals surface area contributed by atoms with E-state index >= 15 is 0 Å². The third-order valence-corrected chi connectivity index (χ3v) is 3.59. The number of ether oxygens (including phenoxy) is 2. The fourth-order valence-corrected chi connectivity index (χ4v) is 2.25. The highest BCUT2D eigenvalue weighted by molar-refractivity contribution is 5.89. The average molecular weight is 379 g/mol. The van der Waals surface area contributed by atoms with Crippen molar-refractivity contribution in [3.8, 4) is 0 Å². The van der Waals surface area contributed by atoms with E-state index in [0.29, 0.717) is 0 Å². The predicted octanol–water partition coefficient (Wildman–Crippen LogP) is 0.472. The van der Waals surface area contributed by atoms with E-state index in [2.05, 4.69) is 10.6 Å². The zero-order chi connectivity index (χ0) is 20.2. The van der Waals surface area contributed by atoms with Gasteiger partial charge in [0.05, 0.1) is 13.0 Å². The molecular weight excluding hydrogens is 354 g/mol. The molecular formula is C18H25N3O6. The molecule has 0 aromatic heterocycles. The van der Waals surface area contributed by atoms with Crippen molar-refractivity contribution in [1.82, 2.24) is 10.6 Å². The Bertz CT molecular complexity index is 650. The highest BCUT2D eigenvalue weighted by Gasteiger charge is 2.27. The third kappa shape index (κ3) is 8.70. The molecule has 0 unspecified atom stereocenters. The molecule has 1 rings (SSSR count). The Balaban J connectivity index is 2.41. The van der Waals surface area contributed by atoms with Crippen LogP contribution >= 0.6 is 0 Å². The summed E-state index contributed by atoms with van der Waals surface area (Å²) in [6.45, 7) is 3.14. The summed E-state index contributed by atoms with van der Waals surface area (Å²) in [4.78, 5) is 46.6. The number of carbonyl (C=O) groups excluding carboxylic acids is 4. The second kappa shape index (κ2) is 11.5. The van der Waals surface area contributed by atoms with Crippen LogP contribution in [0, 0.1) is 5.92 Å². The molecule has 1 aromatic carbocycles. The van der Waals surface area contributed by atoms with Gasteiger partial charge in [-0.1, -0.05) is 37.3 Å². The summed E-state index contributed by atoms with van der Waals surface area (Å²) in [5.74, 6) is -2.47. The zero-order valence-corrected chi connectivity index (χ0v) is 15.4. The van der Waals surface area contributed by atoms with Gasteiger partial charge in [0.2, 0.25) is 11.8 Å². The molecule has 0 saturated carbocycles. The van der Waals surface area contributed by atoms with Crippen LogP contribution in [0.3, 0.4) is 0 Å². The first-order valence-corrected chi connectivity index (χ1v) is 8.52. The molecule has 0 aliphatic rings. The van der Waals surface area contributed by atoms with Crippen LogP contribution in [0.4, 0.5) is 4.79 Å². The first-order valence-electron chi connectivity index (χ1n) is 8.52. The predicted molar refractivity (Wildman–Crippen MR) is 96.2 cm³/mol. The Morgan fingerprint density at radius 2 is 1.78 bits per heavy atom. The Kier molecular flexibility index (Phi) is 9.35. The summed E-state index contributed by atoms with van der Waals surface area (Å²) in [6.07, 6.45) is -0.849. The van der Waals surface area contributed by atoms with Crippen molar-refractivity contribution in [2.24, 2.45) is 11.7 Å². The number of hydrogen-bond acceptors (Lipinski definition) is 6. The van der Waals surface area contributed by atoms with Crippen molar-refractivity contribution in [2.75, 3.05) is 13.2 Å². The number of alkyl carbamates (subject to hydrolysis) is 1. The highest BCUT2D eigenvalue weighted by Crippen LogP contribution is 2.09. The van der Waals surface area contributed by atoms with Crippen molar-refractivity contribution in [1.29, 1.82) is 0 Å². The van der Waals surface area contributed by atoms with Crippen molar-refractivity contribution in [3.63, 3.8) is 0 Å². The number of benzene rings is 1. The van der Waals surface area contributed by atoms with E-state index in [0.717, 1.165) is 5.56 Å². The highest BCUT2D eigenvalue weighted by atomic mass is 16.5. The van der Waals surface area contributed by atoms with E-state index in [1.807, 2.05) is 18.2 Å². The summed E-state index contributed by atoms with van der Waals surface area (Å²) in [6, 6.07) is 7.98. The molecule has 0 aliphatic heterocycles. The molecule has 27 heavy (non-hydrogen) atoms. The van der Waals surface area contributed by atoms with Crippen LogP contribution in [0.5, 0.6) is 0 Å². The molecule has 148 valence electrons. The number of hydrogen-bond donors (Lipinski definition) is 3. The van der Waals surface area contributed by atoms with Crippen LogP contribution in [0.2, 0.25) is 0 Å². The van der Waals surface area contributed by atoms with Gasteiger partial charge in [-0.05, 0) is 18.4 Å². The van der Waals surface area contributed by atoms with Crippen molar-refractivity contribution < 1.29 is 28.7 Å². The molecule has 0 spiro atoms. The van der Waals surface area contributed by atoms with Crippen molar-refractivity contribution in [3.05, 3.63) is 35.9 Å². The summed E-state index contributed by atoms with van der Waals surface area (Å²) in [5, 5.41) is 4.68. The first kappa shape index (κ1) is 21.9. The maximum absolute atomic E-state index is 11.9. The summed E-state index contributed by atoms with van der Waals surface area (Å²) in [7, 11) is 0. The van der Waals surface area contributed by atoms with Crippen LogP contribution in [-0.4, -0.2) is 43.1 Å². The Morgan fingerprint density at radius 1 is 1.11 bits per heavy atom. The summed E-state index contributed by atoms with van der Waals surface area (Å²) in [5.41, 5.74) is 6.09. The van der Waals surface area contributed by atoms with Crippen molar-refractivity contribution in [2.45, 2.75) is 32.9 Å². The zero-order valence-electron chi connectivity index (χ0n) is 15.4. The number of nitrogens with two attached hydrogens (primary N) is 1. The van der Waals surface area contributed by atoms with Gasteiger partial charge in [-0.15, -0.1) is 0 Å². The average Bonchev–Trinajstić information content (AvgIpc) is 2.63. The molecule has 1 aromatic rings. The van der Waals surface area contributed by atoms with E-state index in [-0.39, 0.29) is 19.6 Å². The van der Waals surface area contributed by atoms with Crippen LogP contribution in [0.15, 0.2) is 30.3 Å². The van der Waals surface area contributed by atoms with Gasteiger partial charge in [0.25, 0.3) is 0 Å². The minimum atomic E-state index is -1.07. The van der Waals surface area contributed by atoms with Gasteiger partial charge in [-0.3, -0.25) is 14.4 Å². The van der Waals surface area contributed by atoms with Gasteiger partial charge in [0, 0.05) is 0 Å². The molecule has 3 amide bonds. The van der Waals surface area contributed by atoms with Crippen LogP contribution in [0.1, 0.15) is 25.8 Å². The van der Waals surface area contributed by atoms with E-state index in [9.17, 15) is 19.2 Å². The lowest BCUT2D eigenvalue weighted by molar-refractivity contribution is -0.144. The van der Waals surface area contributed by atoms with Crippen LogP contribution in [0.25, 0.3) is 0 Å². The minimum Gasteiger partial charge on any atom is -0.466 e. The normalized spacial score (nSPS) is 12.4. The molecule has 0 bridgehead atoms. The molecule has 2 atom stereocenters. The largest absolute Gasteiger partial charge is 0.466 e. The van der Waals surface area contributed by atoms with E-state index in [1.165, 1.54) is 0 Å². The molecule has 0 aliphatic carbocycles. The van der Waals surface area contributed by atoms with Gasteiger partial charge >= 0.3 is 12.1 Å². The maximum Gasteiger partial charge on any atom is 0.407 e. The monoisotopic (exact) mass is 379 g/mol. The minimum absolute atomic E-state index is 0.0643. The Labute approximate surface area is 157 Å². The topological polar surface area (TPSA) is 137 Å². The number of rotatable bonds is 10. The van der Waals surface area contributed by atoms with E-state index in [1.54, 1.807) is 26.0 Å². The number of esters is 1. The number of amides is 3. The maximum atomic E-state index is 11.9. The van der Waals surface area contributed by atoms with E-state index < -0.39 is 42.4 Å². The van der Waals surface area contributed by atoms with Gasteiger partial charge in [-0.2, -0.15) is 0 Å². The number of primary amides is 1. The number of carbonyl (C=O) groups is 4. The Morgan fingerprint density at radius 3 is 2.37 bits per heavy atom. The molecule has 0 saturated heterocycles. The number of nitrogens with one attached hydrogen (secondary N) is 2. The summed E-state index contributed by atoms with van der Waals surface area (Å²) >= 11 is 0. The molecule has 0 fully saturated rings. The van der Waals surface area contributed by atoms with Crippen LogP contribution in [-0.2, 0) is 30.5 Å². The van der Waals surface area contributed by atoms with Gasteiger partial charge < -0.3 is 25.8 Å². The SMILES string of the molecule is CCOC(=O)C[C@@H](C)[C@@H](NC(=O)CNC(=O)OCc1ccccc1)C(N)=O. The van der Waals surface area contributed by atoms with Crippen LogP contribution < -0.4 is 16.4 Å². The molecule has 0 radical (unpaired) electrons. The summed E-state index contributed by atoms with van der Waals surface area (Å²) < 4.78 is 9.79. The quantitative estimate of drug-likeness (QED) is 0.506. The smallest absolute Gasteiger partial charge is 0.407 e. The lowest BCUT2D eigenvalue weighted by Crippen LogP contribution is -2.51. The standard InChI is InChI=1S/C18H25N3O6/c1-3-26-15(23)9-12(2)16(17(19)24)21-14(22)10-20-18(25)27-11-13-7-5-4-6-8-13/h4-8,12,16H,3,9-11H2,1-2H3,(H2,19,24)(H,20,25)(H,21,22)/t12-,16-/m1/s1. The van der Waals surface area contributed by atoms with Gasteiger partial charge in [0.1, 0.15) is 19.2 Å². The Hall–Kier alpha value is -3.10. The first-order chi connectivity index (χ1) is 12.8. The van der Waals surface area contributed by atoms with E-state index in [4.69, 9.17) is 15.2 Å². The van der Waals surface area contributed by atoms with Crippen molar-refractivity contribution >= 4 is 23.9 Å². The third-order valence-electron chi connectivity index (χ3n) is 3.59. The van der Waals surface area contributed by atoms with Gasteiger partial charge in [0.15, 0.2) is 0 Å². The van der Waals surface area contributed by atoms with Gasteiger partial charge in [-0.25, -0.2) is 4.79 Å².